The Morgan fingerprint density at radius 3 is 2.50 bits per heavy atom. The molecule has 1 aromatic heterocycles. The number of rotatable bonds is 3. The number of pyridine rings is 1. The fourth-order valence-electron chi connectivity index (χ4n) is 0.935. The lowest BCUT2D eigenvalue weighted by Crippen LogP contribution is -1.85. The van der Waals surface area contributed by atoms with Crippen molar-refractivity contribution in [2.45, 2.75) is 27.2 Å². The summed E-state index contributed by atoms with van der Waals surface area (Å²) in [6.45, 7) is 6.92. The molecule has 1 rings (SSSR count). The van der Waals surface area contributed by atoms with Crippen LogP contribution in [0.3, 0.4) is 0 Å². The Morgan fingerprint density at radius 1 is 1.50 bits per heavy atom. The minimum absolute atomic E-state index is 0.431. The molecule has 78 valence electrons. The number of carbonyl (C=O) groups excluding carboxylic acids is 1. The lowest BCUT2D eigenvalue weighted by Gasteiger charge is -1.97. The monoisotopic (exact) mass is 195 g/mol. The summed E-state index contributed by atoms with van der Waals surface area (Å²) < 4.78 is 4.15. The topological polar surface area (TPSA) is 39.2 Å². The fraction of sp³-hybridized carbons (Fsp3) is 0.455. The van der Waals surface area contributed by atoms with Crippen molar-refractivity contribution in [3.05, 3.63) is 29.6 Å². The Bertz CT molecular complexity index is 261. The van der Waals surface area contributed by atoms with E-state index in [0.29, 0.717) is 13.1 Å². The Labute approximate surface area is 85.1 Å². The number of aromatic nitrogens is 1. The van der Waals surface area contributed by atoms with Crippen molar-refractivity contribution >= 4 is 6.47 Å². The van der Waals surface area contributed by atoms with E-state index in [2.05, 4.69) is 23.6 Å². The molecule has 0 amide bonds. The minimum Gasteiger partial charge on any atom is -0.468 e. The molecule has 1 aromatic rings. The third kappa shape index (κ3) is 5.30. The highest BCUT2D eigenvalue weighted by molar-refractivity contribution is 5.36. The first kappa shape index (κ1) is 12.6. The van der Waals surface area contributed by atoms with Crippen LogP contribution in [0.4, 0.5) is 0 Å². The number of nitrogens with zero attached hydrogens (tertiary/aromatic N) is 1. The molecule has 0 N–H and O–H groups in total. The molecule has 0 bridgehead atoms. The van der Waals surface area contributed by atoms with Gasteiger partial charge in [0.1, 0.15) is 0 Å². The van der Waals surface area contributed by atoms with Gasteiger partial charge in [0.15, 0.2) is 0 Å². The maximum atomic E-state index is 9.18. The molecule has 0 spiro atoms. The van der Waals surface area contributed by atoms with Crippen LogP contribution in [0.2, 0.25) is 0 Å². The van der Waals surface area contributed by atoms with E-state index < -0.39 is 0 Å². The molecular formula is C11H17NO2. The highest BCUT2D eigenvalue weighted by Gasteiger charge is 1.90. The van der Waals surface area contributed by atoms with E-state index in [9.17, 15) is 4.79 Å². The molecular weight excluding hydrogens is 178 g/mol. The van der Waals surface area contributed by atoms with Crippen LogP contribution < -0.4 is 0 Å². The average molecular weight is 195 g/mol. The predicted molar refractivity (Wildman–Crippen MR) is 56.0 cm³/mol. The van der Waals surface area contributed by atoms with Crippen molar-refractivity contribution in [2.75, 3.05) is 6.61 Å². The molecule has 0 aliphatic carbocycles. The first-order valence-electron chi connectivity index (χ1n) is 4.70. The first-order valence-corrected chi connectivity index (χ1v) is 4.70. The van der Waals surface area contributed by atoms with Gasteiger partial charge >= 0.3 is 0 Å². The molecule has 0 unspecified atom stereocenters. The molecule has 0 aliphatic rings. The SMILES string of the molecule is CCOC=O.CCc1cnccc1C. The van der Waals surface area contributed by atoms with Gasteiger partial charge in [0.2, 0.25) is 0 Å². The zero-order chi connectivity index (χ0) is 10.8. The van der Waals surface area contributed by atoms with Crippen LogP contribution in [-0.2, 0) is 16.0 Å². The van der Waals surface area contributed by atoms with Gasteiger partial charge in [-0.25, -0.2) is 0 Å². The largest absolute Gasteiger partial charge is 0.468 e. The quantitative estimate of drug-likeness (QED) is 0.693. The maximum Gasteiger partial charge on any atom is 0.293 e. The standard InChI is InChI=1S/C8H11N.C3H6O2/c1-3-8-6-9-5-4-7(8)2;1-2-5-3-4/h4-6H,3H2,1-2H3;3H,2H2,1H3. The third-order valence-electron chi connectivity index (χ3n) is 1.76. The zero-order valence-electron chi connectivity index (χ0n) is 8.99. The van der Waals surface area contributed by atoms with Crippen LogP contribution in [0, 0.1) is 6.92 Å². The van der Waals surface area contributed by atoms with Crippen LogP contribution in [0.5, 0.6) is 0 Å². The number of hydrogen-bond donors (Lipinski definition) is 0. The molecule has 14 heavy (non-hydrogen) atoms. The number of hydrogen-bond acceptors (Lipinski definition) is 3. The lowest BCUT2D eigenvalue weighted by molar-refractivity contribution is -0.128. The summed E-state index contributed by atoms with van der Waals surface area (Å²) in [6.07, 6.45) is 4.84. The van der Waals surface area contributed by atoms with E-state index in [1.165, 1.54) is 11.1 Å². The van der Waals surface area contributed by atoms with Gasteiger partial charge in [-0.05, 0) is 37.5 Å². The Kier molecular flexibility index (Phi) is 7.42. The highest BCUT2D eigenvalue weighted by atomic mass is 16.5. The molecule has 0 radical (unpaired) electrons. The van der Waals surface area contributed by atoms with Gasteiger partial charge in [-0.2, -0.15) is 0 Å². The fourth-order valence-corrected chi connectivity index (χ4v) is 0.935. The van der Waals surface area contributed by atoms with Gasteiger partial charge in [-0.1, -0.05) is 6.92 Å². The Hall–Kier alpha value is -1.38. The van der Waals surface area contributed by atoms with Gasteiger partial charge in [-0.15, -0.1) is 0 Å². The van der Waals surface area contributed by atoms with Crippen molar-refractivity contribution in [3.63, 3.8) is 0 Å². The lowest BCUT2D eigenvalue weighted by atomic mass is 10.1. The Balaban J connectivity index is 0.000000292. The predicted octanol–water partition coefficient (Wildman–Crippen LogP) is 2.13. The average Bonchev–Trinajstić information content (AvgIpc) is 2.21. The molecule has 0 saturated heterocycles. The van der Waals surface area contributed by atoms with Gasteiger partial charge < -0.3 is 4.74 Å². The smallest absolute Gasteiger partial charge is 0.293 e. The maximum absolute atomic E-state index is 9.18. The van der Waals surface area contributed by atoms with Gasteiger partial charge in [0.05, 0.1) is 6.61 Å². The summed E-state index contributed by atoms with van der Waals surface area (Å²) in [5.41, 5.74) is 2.69. The van der Waals surface area contributed by atoms with E-state index in [-0.39, 0.29) is 0 Å². The zero-order valence-corrected chi connectivity index (χ0v) is 8.99. The van der Waals surface area contributed by atoms with E-state index in [0.717, 1.165) is 6.42 Å². The van der Waals surface area contributed by atoms with Crippen LogP contribution in [0.1, 0.15) is 25.0 Å². The van der Waals surface area contributed by atoms with E-state index >= 15 is 0 Å². The number of aryl methyl sites for hydroxylation is 2. The highest BCUT2D eigenvalue weighted by Crippen LogP contribution is 2.03. The van der Waals surface area contributed by atoms with Crippen LogP contribution >= 0.6 is 0 Å². The summed E-state index contributed by atoms with van der Waals surface area (Å²) in [6, 6.07) is 2.04. The molecule has 0 aliphatic heterocycles. The van der Waals surface area contributed by atoms with E-state index in [4.69, 9.17) is 0 Å². The van der Waals surface area contributed by atoms with Crippen LogP contribution in [0.25, 0.3) is 0 Å². The first-order chi connectivity index (χ1) is 6.76. The van der Waals surface area contributed by atoms with Crippen molar-refractivity contribution in [1.82, 2.24) is 4.98 Å². The third-order valence-corrected chi connectivity index (χ3v) is 1.76. The summed E-state index contributed by atoms with van der Waals surface area (Å²) in [5, 5.41) is 0. The number of carbonyl (C=O) groups is 1. The van der Waals surface area contributed by atoms with E-state index in [1.54, 1.807) is 6.92 Å². The van der Waals surface area contributed by atoms with Crippen LogP contribution in [0.15, 0.2) is 18.5 Å². The molecule has 0 fully saturated rings. The second-order valence-electron chi connectivity index (χ2n) is 2.71. The second kappa shape index (κ2) is 8.23. The van der Waals surface area contributed by atoms with Gasteiger partial charge in [0.25, 0.3) is 6.47 Å². The normalized spacial score (nSPS) is 8.50. The molecule has 0 aromatic carbocycles. The molecule has 3 heteroatoms. The van der Waals surface area contributed by atoms with Crippen molar-refractivity contribution < 1.29 is 9.53 Å². The summed E-state index contributed by atoms with van der Waals surface area (Å²) in [7, 11) is 0. The molecule has 1 heterocycles. The minimum atomic E-state index is 0.431. The number of ether oxygens (including phenoxy) is 1. The molecule has 0 saturated carbocycles. The van der Waals surface area contributed by atoms with Crippen LogP contribution in [-0.4, -0.2) is 18.1 Å². The van der Waals surface area contributed by atoms with E-state index in [1.807, 2.05) is 18.5 Å². The summed E-state index contributed by atoms with van der Waals surface area (Å²) >= 11 is 0. The second-order valence-corrected chi connectivity index (χ2v) is 2.71. The Morgan fingerprint density at radius 2 is 2.21 bits per heavy atom. The molecule has 3 nitrogen and oxygen atoms in total. The van der Waals surface area contributed by atoms with Crippen molar-refractivity contribution in [3.8, 4) is 0 Å². The van der Waals surface area contributed by atoms with Crippen molar-refractivity contribution in [2.24, 2.45) is 0 Å². The summed E-state index contributed by atoms with van der Waals surface area (Å²) in [4.78, 5) is 13.2. The van der Waals surface area contributed by atoms with Crippen molar-refractivity contribution in [1.29, 1.82) is 0 Å². The molecule has 0 atom stereocenters. The van der Waals surface area contributed by atoms with Gasteiger partial charge in [-0.3, -0.25) is 9.78 Å². The summed E-state index contributed by atoms with van der Waals surface area (Å²) in [5.74, 6) is 0. The van der Waals surface area contributed by atoms with Gasteiger partial charge in [0, 0.05) is 12.4 Å².